The summed E-state index contributed by atoms with van der Waals surface area (Å²) >= 11 is 0. The first-order valence-electron chi connectivity index (χ1n) is 28.2. The number of unbranched alkanes of at least 4 members (excludes halogenated alkanes) is 37. The zero-order valence-corrected chi connectivity index (χ0v) is 42.6. The Kier molecular flexibility index (Phi) is 55.0. The monoisotopic (exact) mass is 883 g/mol. The molecule has 0 bridgehead atoms. The van der Waals surface area contributed by atoms with E-state index in [0.717, 1.165) is 44.9 Å². The van der Waals surface area contributed by atoms with Crippen molar-refractivity contribution in [2.45, 2.75) is 302 Å². The van der Waals surface area contributed by atoms with Gasteiger partial charge in [-0.3, -0.25) is 4.79 Å². The van der Waals surface area contributed by atoms with E-state index in [4.69, 9.17) is 9.47 Å². The van der Waals surface area contributed by atoms with Gasteiger partial charge in [-0.05, 0) is 51.4 Å². The van der Waals surface area contributed by atoms with E-state index in [1.807, 2.05) is 0 Å². The predicted octanol–water partition coefficient (Wildman–Crippen LogP) is 19.3. The maximum Gasteiger partial charge on any atom is 0.306 e. The molecular weight excluding hydrogens is 773 g/mol. The zero-order valence-electron chi connectivity index (χ0n) is 42.6. The van der Waals surface area contributed by atoms with E-state index >= 15 is 0 Å². The highest BCUT2D eigenvalue weighted by atomic mass is 16.6. The minimum atomic E-state index is -0.534. The van der Waals surface area contributed by atoms with Crippen molar-refractivity contribution < 1.29 is 19.4 Å². The number of hydrogen-bond donors (Lipinski definition) is 1. The molecule has 1 unspecified atom stereocenters. The number of aliphatic hydroxyl groups is 1. The summed E-state index contributed by atoms with van der Waals surface area (Å²) in [6, 6.07) is 0. The molecule has 0 radical (unpaired) electrons. The number of ether oxygens (including phenoxy) is 2. The maximum atomic E-state index is 12.3. The summed E-state index contributed by atoms with van der Waals surface area (Å²) in [5.74, 6) is -0.194. The second-order valence-corrected chi connectivity index (χ2v) is 19.0. The quantitative estimate of drug-likeness (QED) is 0.0376. The van der Waals surface area contributed by atoms with Gasteiger partial charge in [-0.25, -0.2) is 0 Å². The van der Waals surface area contributed by atoms with Crippen LogP contribution in [0.3, 0.4) is 0 Å². The highest BCUT2D eigenvalue weighted by Crippen LogP contribution is 2.17. The predicted molar refractivity (Wildman–Crippen MR) is 279 cm³/mol. The van der Waals surface area contributed by atoms with Crippen LogP contribution in [0.1, 0.15) is 296 Å². The lowest BCUT2D eigenvalue weighted by Crippen LogP contribution is -2.27. The van der Waals surface area contributed by atoms with Crippen LogP contribution in [0.25, 0.3) is 0 Å². The Morgan fingerprint density at radius 1 is 0.397 bits per heavy atom. The molecule has 370 valence electrons. The molecule has 4 heteroatoms. The number of carbonyl (C=O) groups excluding carboxylic acids is 1. The van der Waals surface area contributed by atoms with E-state index in [1.165, 1.54) is 231 Å². The van der Waals surface area contributed by atoms with Gasteiger partial charge < -0.3 is 14.6 Å². The molecule has 0 aliphatic carbocycles. The van der Waals surface area contributed by atoms with Crippen LogP contribution in [0, 0.1) is 0 Å². The summed E-state index contributed by atoms with van der Waals surface area (Å²) in [6.45, 7) is 5.28. The third kappa shape index (κ3) is 54.6. The lowest BCUT2D eigenvalue weighted by atomic mass is 10.0. The van der Waals surface area contributed by atoms with Crippen LogP contribution >= 0.6 is 0 Å². The lowest BCUT2D eigenvalue weighted by molar-refractivity contribution is -0.154. The van der Waals surface area contributed by atoms with Crippen molar-refractivity contribution >= 4 is 5.97 Å². The fourth-order valence-corrected chi connectivity index (χ4v) is 8.50. The van der Waals surface area contributed by atoms with Gasteiger partial charge in [0.1, 0.15) is 6.10 Å². The number of rotatable bonds is 53. The second-order valence-electron chi connectivity index (χ2n) is 19.0. The molecular formula is C59H110O4. The van der Waals surface area contributed by atoms with Crippen LogP contribution < -0.4 is 0 Å². The molecule has 0 aromatic carbocycles. The molecule has 0 rings (SSSR count). The van der Waals surface area contributed by atoms with E-state index in [1.54, 1.807) is 0 Å². The number of hydrogen-bond acceptors (Lipinski definition) is 4. The topological polar surface area (TPSA) is 55.8 Å². The van der Waals surface area contributed by atoms with Crippen LogP contribution in [-0.2, 0) is 14.3 Å². The zero-order chi connectivity index (χ0) is 45.5. The number of aliphatic hydroxyl groups excluding tert-OH is 1. The average molecular weight is 884 g/mol. The van der Waals surface area contributed by atoms with E-state index < -0.39 is 6.10 Å². The smallest absolute Gasteiger partial charge is 0.306 e. The van der Waals surface area contributed by atoms with Crippen molar-refractivity contribution in [2.75, 3.05) is 19.8 Å². The Bertz CT molecular complexity index is 982. The Hall–Kier alpha value is -1.65. The van der Waals surface area contributed by atoms with Crippen molar-refractivity contribution in [3.8, 4) is 0 Å². The molecule has 0 heterocycles. The van der Waals surface area contributed by atoms with Gasteiger partial charge in [0.05, 0.1) is 13.2 Å². The average Bonchev–Trinajstić information content (AvgIpc) is 3.29. The molecule has 63 heavy (non-hydrogen) atoms. The highest BCUT2D eigenvalue weighted by Gasteiger charge is 2.13. The molecule has 1 atom stereocenters. The molecule has 0 fully saturated rings. The van der Waals surface area contributed by atoms with Crippen molar-refractivity contribution in [2.24, 2.45) is 0 Å². The fraction of sp³-hybridized carbons (Fsp3) is 0.847. The van der Waals surface area contributed by atoms with E-state index in [2.05, 4.69) is 62.5 Å². The van der Waals surface area contributed by atoms with Crippen LogP contribution in [-0.4, -0.2) is 37.0 Å². The summed E-state index contributed by atoms with van der Waals surface area (Å²) in [5.41, 5.74) is 0. The molecule has 0 saturated heterocycles. The van der Waals surface area contributed by atoms with Gasteiger partial charge in [0.2, 0.25) is 0 Å². The minimum absolute atomic E-state index is 0.169. The van der Waals surface area contributed by atoms with Gasteiger partial charge >= 0.3 is 5.97 Å². The Morgan fingerprint density at radius 2 is 0.714 bits per heavy atom. The van der Waals surface area contributed by atoms with Crippen molar-refractivity contribution in [1.29, 1.82) is 0 Å². The molecule has 0 saturated carbocycles. The van der Waals surface area contributed by atoms with E-state index in [-0.39, 0.29) is 12.6 Å². The van der Waals surface area contributed by atoms with Gasteiger partial charge in [0.15, 0.2) is 0 Å². The summed E-state index contributed by atoms with van der Waals surface area (Å²) < 4.78 is 11.2. The molecule has 1 N–H and O–H groups in total. The summed E-state index contributed by atoms with van der Waals surface area (Å²) in [6.07, 6.45) is 75.2. The first-order valence-corrected chi connectivity index (χ1v) is 28.2. The molecule has 4 nitrogen and oxygen atoms in total. The van der Waals surface area contributed by atoms with Crippen molar-refractivity contribution in [1.82, 2.24) is 0 Å². The number of carbonyl (C=O) groups is 1. The van der Waals surface area contributed by atoms with E-state index in [9.17, 15) is 9.90 Å². The first-order chi connectivity index (χ1) is 31.2. The molecule has 0 amide bonds. The van der Waals surface area contributed by atoms with Crippen LogP contribution in [0.2, 0.25) is 0 Å². The maximum absolute atomic E-state index is 12.3. The van der Waals surface area contributed by atoms with Crippen molar-refractivity contribution in [3.63, 3.8) is 0 Å². The van der Waals surface area contributed by atoms with E-state index in [0.29, 0.717) is 19.6 Å². The second kappa shape index (κ2) is 56.5. The van der Waals surface area contributed by atoms with Crippen LogP contribution in [0.15, 0.2) is 48.6 Å². The molecule has 0 spiro atoms. The van der Waals surface area contributed by atoms with Crippen LogP contribution in [0.5, 0.6) is 0 Å². The normalized spacial score (nSPS) is 12.6. The minimum Gasteiger partial charge on any atom is -0.457 e. The van der Waals surface area contributed by atoms with Gasteiger partial charge in [-0.2, -0.15) is 0 Å². The number of allylic oxidation sites excluding steroid dienone is 8. The number of esters is 1. The third-order valence-corrected chi connectivity index (χ3v) is 12.7. The first kappa shape index (κ1) is 61.4. The third-order valence-electron chi connectivity index (χ3n) is 12.7. The van der Waals surface area contributed by atoms with Crippen molar-refractivity contribution in [3.05, 3.63) is 48.6 Å². The molecule has 0 aromatic rings. The van der Waals surface area contributed by atoms with Gasteiger partial charge in [0, 0.05) is 13.0 Å². The fourth-order valence-electron chi connectivity index (χ4n) is 8.50. The SMILES string of the molecule is CC/C=C\C/C=C\C/C=C\C/C=C\CCCCCCCCCCCCCCCOCC(CO)OC(=O)CCCCCCCCCCCCCCCCCCCCCCCCCCC. The summed E-state index contributed by atoms with van der Waals surface area (Å²) in [5, 5.41) is 9.68. The highest BCUT2D eigenvalue weighted by molar-refractivity contribution is 5.69. The largest absolute Gasteiger partial charge is 0.457 e. The van der Waals surface area contributed by atoms with Crippen LogP contribution in [0.4, 0.5) is 0 Å². The Labute approximate surface area is 394 Å². The Morgan fingerprint density at radius 3 is 1.08 bits per heavy atom. The van der Waals surface area contributed by atoms with Gasteiger partial charge in [-0.1, -0.05) is 287 Å². The van der Waals surface area contributed by atoms with Gasteiger partial charge in [0.25, 0.3) is 0 Å². The summed E-state index contributed by atoms with van der Waals surface area (Å²) in [4.78, 5) is 12.3. The molecule has 0 aliphatic rings. The molecule has 0 aromatic heterocycles. The lowest BCUT2D eigenvalue weighted by Gasteiger charge is -2.16. The Balaban J connectivity index is 3.36. The molecule has 0 aliphatic heterocycles. The standard InChI is InChI=1S/C59H110O4/c1-3-5-7-9-11-13-15-17-19-21-23-25-27-29-31-33-35-37-39-41-43-45-47-49-51-53-55-62-57-58(56-60)63-59(61)54-52-50-48-46-44-42-40-38-36-34-32-30-28-26-24-22-20-18-16-14-12-10-8-6-4-2/h5,7,11,13,17,19,23,25,58,60H,3-4,6,8-10,12,14-16,18,20-22,24,26-57H2,1-2H3/b7-5-,13-11-,19-17-,25-23-. The summed E-state index contributed by atoms with van der Waals surface area (Å²) in [7, 11) is 0. The van der Waals surface area contributed by atoms with Gasteiger partial charge in [-0.15, -0.1) is 0 Å².